The summed E-state index contributed by atoms with van der Waals surface area (Å²) in [7, 11) is 0. The van der Waals surface area contributed by atoms with Crippen LogP contribution in [0.4, 0.5) is 4.39 Å². The molecular formula is C14H9FN4S. The zero-order valence-electron chi connectivity index (χ0n) is 10.3. The Hall–Kier alpha value is -2.52. The van der Waals surface area contributed by atoms with Crippen molar-refractivity contribution < 1.29 is 4.39 Å². The number of aromatic nitrogens is 3. The van der Waals surface area contributed by atoms with Crippen LogP contribution in [0.3, 0.4) is 0 Å². The lowest BCUT2D eigenvalue weighted by Crippen LogP contribution is -2.05. The average Bonchev–Trinajstić information content (AvgIpc) is 3.10. The van der Waals surface area contributed by atoms with Gasteiger partial charge in [-0.15, -0.1) is 16.4 Å². The molecule has 0 bridgehead atoms. The number of halogens is 1. The summed E-state index contributed by atoms with van der Waals surface area (Å²) in [6, 6.07) is 12.2. The molecule has 1 aromatic carbocycles. The summed E-state index contributed by atoms with van der Waals surface area (Å²) in [5.74, 6) is -0.394. The first-order chi connectivity index (χ1) is 9.79. The van der Waals surface area contributed by atoms with E-state index in [1.807, 2.05) is 23.6 Å². The van der Waals surface area contributed by atoms with Crippen molar-refractivity contribution in [3.63, 3.8) is 0 Å². The summed E-state index contributed by atoms with van der Waals surface area (Å²) in [6.45, 7) is 0. The van der Waals surface area contributed by atoms with Crippen molar-refractivity contribution in [2.24, 2.45) is 0 Å². The molecule has 0 aliphatic carbocycles. The van der Waals surface area contributed by atoms with Crippen molar-refractivity contribution in [3.8, 4) is 11.8 Å². The molecule has 0 saturated heterocycles. The number of thiophene rings is 1. The van der Waals surface area contributed by atoms with Gasteiger partial charge >= 0.3 is 0 Å². The number of hydrogen-bond donors (Lipinski definition) is 0. The van der Waals surface area contributed by atoms with E-state index < -0.39 is 5.82 Å². The smallest absolute Gasteiger partial charge is 0.186 e. The maximum Gasteiger partial charge on any atom is 0.186 e. The van der Waals surface area contributed by atoms with Crippen LogP contribution in [0, 0.1) is 17.1 Å². The second kappa shape index (κ2) is 5.23. The molecule has 0 unspecified atom stereocenters. The third-order valence-corrected chi connectivity index (χ3v) is 3.75. The van der Waals surface area contributed by atoms with E-state index in [0.717, 1.165) is 4.88 Å². The normalized spacial score (nSPS) is 10.4. The predicted molar refractivity (Wildman–Crippen MR) is 73.2 cm³/mol. The largest absolute Gasteiger partial charge is 0.213 e. The van der Waals surface area contributed by atoms with E-state index in [-0.39, 0.29) is 5.69 Å². The third-order valence-electron chi connectivity index (χ3n) is 2.87. The highest BCUT2D eigenvalue weighted by Crippen LogP contribution is 2.20. The Balaban J connectivity index is 2.11. The van der Waals surface area contributed by atoms with Gasteiger partial charge in [-0.2, -0.15) is 5.26 Å². The second-order valence-corrected chi connectivity index (χ2v) is 5.15. The van der Waals surface area contributed by atoms with E-state index in [4.69, 9.17) is 5.26 Å². The second-order valence-electron chi connectivity index (χ2n) is 4.12. The predicted octanol–water partition coefficient (Wildman–Crippen LogP) is 2.93. The van der Waals surface area contributed by atoms with Crippen LogP contribution in [0.5, 0.6) is 0 Å². The van der Waals surface area contributed by atoms with Crippen molar-refractivity contribution in [1.82, 2.24) is 15.0 Å². The molecule has 3 rings (SSSR count). The molecule has 0 radical (unpaired) electrons. The van der Waals surface area contributed by atoms with Crippen molar-refractivity contribution in [2.75, 3.05) is 0 Å². The topological polar surface area (TPSA) is 54.5 Å². The molecule has 4 nitrogen and oxygen atoms in total. The highest BCUT2D eigenvalue weighted by Gasteiger charge is 2.17. The maximum absolute atomic E-state index is 13.9. The standard InChI is InChI=1S/C14H9FN4S/c15-11-5-1-2-6-13(11)19-14(12(9-16)17-18-19)8-10-4-3-7-20-10/h1-7H,8H2. The van der Waals surface area contributed by atoms with Crippen molar-refractivity contribution >= 4 is 11.3 Å². The fourth-order valence-electron chi connectivity index (χ4n) is 1.94. The molecule has 2 aromatic heterocycles. The molecule has 6 heteroatoms. The SMILES string of the molecule is N#Cc1nnn(-c2ccccc2F)c1Cc1cccs1. The van der Waals surface area contributed by atoms with Crippen LogP contribution in [-0.2, 0) is 6.42 Å². The van der Waals surface area contributed by atoms with Crippen LogP contribution < -0.4 is 0 Å². The molecule has 3 aromatic rings. The van der Waals surface area contributed by atoms with Crippen LogP contribution in [0.2, 0.25) is 0 Å². The van der Waals surface area contributed by atoms with Gasteiger partial charge in [-0.05, 0) is 23.6 Å². The molecule has 0 spiro atoms. The fourth-order valence-corrected chi connectivity index (χ4v) is 2.65. The lowest BCUT2D eigenvalue weighted by molar-refractivity contribution is 0.603. The molecule has 0 fully saturated rings. The number of para-hydroxylation sites is 1. The van der Waals surface area contributed by atoms with Gasteiger partial charge in [-0.1, -0.05) is 23.4 Å². The van der Waals surface area contributed by atoms with E-state index in [9.17, 15) is 4.39 Å². The maximum atomic E-state index is 13.9. The number of nitriles is 1. The number of rotatable bonds is 3. The Kier molecular flexibility index (Phi) is 3.27. The van der Waals surface area contributed by atoms with Crippen molar-refractivity contribution in [3.05, 3.63) is 63.9 Å². The fraction of sp³-hybridized carbons (Fsp3) is 0.0714. The molecular weight excluding hydrogens is 275 g/mol. The molecule has 0 amide bonds. The van der Waals surface area contributed by atoms with Crippen LogP contribution in [0.1, 0.15) is 16.3 Å². The Morgan fingerprint density at radius 1 is 1.25 bits per heavy atom. The molecule has 2 heterocycles. The lowest BCUT2D eigenvalue weighted by Gasteiger charge is -2.06. The Labute approximate surface area is 118 Å². The van der Waals surface area contributed by atoms with Gasteiger partial charge in [0.15, 0.2) is 5.69 Å². The zero-order chi connectivity index (χ0) is 13.9. The Morgan fingerprint density at radius 2 is 2.10 bits per heavy atom. The van der Waals surface area contributed by atoms with E-state index in [1.54, 1.807) is 29.5 Å². The third kappa shape index (κ3) is 2.19. The van der Waals surface area contributed by atoms with E-state index in [2.05, 4.69) is 10.3 Å². The lowest BCUT2D eigenvalue weighted by atomic mass is 10.2. The molecule has 0 aliphatic rings. The summed E-state index contributed by atoms with van der Waals surface area (Å²) in [5, 5.41) is 18.8. The van der Waals surface area contributed by atoms with Crippen LogP contribution in [0.15, 0.2) is 41.8 Å². The molecule has 0 aliphatic heterocycles. The minimum absolute atomic E-state index is 0.224. The average molecular weight is 284 g/mol. The first-order valence-electron chi connectivity index (χ1n) is 5.91. The Morgan fingerprint density at radius 3 is 2.80 bits per heavy atom. The van der Waals surface area contributed by atoms with Crippen LogP contribution in [-0.4, -0.2) is 15.0 Å². The van der Waals surface area contributed by atoms with Gasteiger partial charge in [0.2, 0.25) is 0 Å². The van der Waals surface area contributed by atoms with Crippen molar-refractivity contribution in [1.29, 1.82) is 5.26 Å². The van der Waals surface area contributed by atoms with E-state index >= 15 is 0 Å². The molecule has 0 atom stereocenters. The first-order valence-corrected chi connectivity index (χ1v) is 6.79. The Bertz CT molecular complexity index is 771. The highest BCUT2D eigenvalue weighted by atomic mass is 32.1. The van der Waals surface area contributed by atoms with Gasteiger partial charge in [-0.25, -0.2) is 9.07 Å². The number of nitrogens with zero attached hydrogens (tertiary/aromatic N) is 4. The first kappa shape index (κ1) is 12.5. The summed E-state index contributed by atoms with van der Waals surface area (Å²) in [5.41, 5.74) is 1.12. The molecule has 98 valence electrons. The van der Waals surface area contributed by atoms with Gasteiger partial charge in [0.05, 0.1) is 5.69 Å². The quantitative estimate of drug-likeness (QED) is 0.743. The minimum atomic E-state index is -0.394. The van der Waals surface area contributed by atoms with Gasteiger partial charge in [0.25, 0.3) is 0 Å². The van der Waals surface area contributed by atoms with Gasteiger partial charge in [-0.3, -0.25) is 0 Å². The molecule has 0 N–H and O–H groups in total. The molecule has 0 saturated carbocycles. The highest BCUT2D eigenvalue weighted by molar-refractivity contribution is 7.09. The minimum Gasteiger partial charge on any atom is -0.213 e. The monoisotopic (exact) mass is 284 g/mol. The van der Waals surface area contributed by atoms with Gasteiger partial charge in [0.1, 0.15) is 17.6 Å². The summed E-state index contributed by atoms with van der Waals surface area (Å²) < 4.78 is 15.3. The van der Waals surface area contributed by atoms with Crippen molar-refractivity contribution in [2.45, 2.75) is 6.42 Å². The summed E-state index contributed by atoms with van der Waals surface area (Å²) >= 11 is 1.58. The number of benzene rings is 1. The van der Waals surface area contributed by atoms with E-state index in [1.165, 1.54) is 10.7 Å². The summed E-state index contributed by atoms with van der Waals surface area (Å²) in [4.78, 5) is 1.07. The van der Waals surface area contributed by atoms with Gasteiger partial charge in [0, 0.05) is 11.3 Å². The van der Waals surface area contributed by atoms with Crippen LogP contribution in [0.25, 0.3) is 5.69 Å². The van der Waals surface area contributed by atoms with Crippen LogP contribution >= 0.6 is 11.3 Å². The number of hydrogen-bond acceptors (Lipinski definition) is 4. The summed E-state index contributed by atoms with van der Waals surface area (Å²) in [6.07, 6.45) is 0.502. The van der Waals surface area contributed by atoms with Gasteiger partial charge < -0.3 is 0 Å². The molecule has 20 heavy (non-hydrogen) atoms. The van der Waals surface area contributed by atoms with E-state index in [0.29, 0.717) is 17.8 Å². The zero-order valence-corrected chi connectivity index (χ0v) is 11.1.